The number of amides is 2. The lowest BCUT2D eigenvalue weighted by molar-refractivity contribution is -0.145. The first-order valence-corrected chi connectivity index (χ1v) is 7.23. The Hall–Kier alpha value is -2.57. The molecule has 0 aliphatic heterocycles. The predicted molar refractivity (Wildman–Crippen MR) is 83.9 cm³/mol. The van der Waals surface area contributed by atoms with Crippen molar-refractivity contribution in [1.29, 1.82) is 0 Å². The molecule has 1 aromatic carbocycles. The zero-order valence-corrected chi connectivity index (χ0v) is 13.5. The van der Waals surface area contributed by atoms with Gasteiger partial charge in [0.2, 0.25) is 5.91 Å². The van der Waals surface area contributed by atoms with E-state index in [-0.39, 0.29) is 12.5 Å². The average molecular weight is 322 g/mol. The molecule has 1 atom stereocenters. The third-order valence-electron chi connectivity index (χ3n) is 3.04. The summed E-state index contributed by atoms with van der Waals surface area (Å²) in [5, 5.41) is 2.59. The third-order valence-corrected chi connectivity index (χ3v) is 3.04. The molecule has 23 heavy (non-hydrogen) atoms. The molecule has 0 fully saturated rings. The molecule has 3 N–H and O–H groups in total. The largest absolute Gasteiger partial charge is 0.484 e. The Labute approximate surface area is 135 Å². The zero-order chi connectivity index (χ0) is 17.4. The van der Waals surface area contributed by atoms with Crippen LogP contribution >= 0.6 is 0 Å². The highest BCUT2D eigenvalue weighted by Crippen LogP contribution is 2.12. The van der Waals surface area contributed by atoms with Gasteiger partial charge in [0, 0.05) is 5.56 Å². The monoisotopic (exact) mass is 322 g/mol. The quantitative estimate of drug-likeness (QED) is 0.690. The van der Waals surface area contributed by atoms with Crippen molar-refractivity contribution < 1.29 is 23.9 Å². The molecule has 0 aliphatic carbocycles. The fraction of sp³-hybridized carbons (Fsp3) is 0.438. The summed E-state index contributed by atoms with van der Waals surface area (Å²) in [6.07, 6.45) is 0.478. The second-order valence-electron chi connectivity index (χ2n) is 5.45. The molecular weight excluding hydrogens is 300 g/mol. The number of nitrogens with two attached hydrogens (primary N) is 1. The van der Waals surface area contributed by atoms with Crippen LogP contribution in [0.25, 0.3) is 0 Å². The summed E-state index contributed by atoms with van der Waals surface area (Å²) >= 11 is 0. The third kappa shape index (κ3) is 6.37. The van der Waals surface area contributed by atoms with Crippen molar-refractivity contribution in [2.24, 2.45) is 11.7 Å². The van der Waals surface area contributed by atoms with Crippen molar-refractivity contribution >= 4 is 17.8 Å². The van der Waals surface area contributed by atoms with Gasteiger partial charge in [-0.05, 0) is 36.6 Å². The first-order chi connectivity index (χ1) is 10.8. The van der Waals surface area contributed by atoms with Gasteiger partial charge in [0.1, 0.15) is 11.8 Å². The number of nitrogens with one attached hydrogen (secondary N) is 1. The minimum atomic E-state index is -0.701. The molecule has 0 saturated heterocycles. The van der Waals surface area contributed by atoms with Crippen LogP contribution in [0.1, 0.15) is 30.6 Å². The minimum Gasteiger partial charge on any atom is -0.484 e. The van der Waals surface area contributed by atoms with E-state index in [0.717, 1.165) is 0 Å². The van der Waals surface area contributed by atoms with Gasteiger partial charge < -0.3 is 20.5 Å². The van der Waals surface area contributed by atoms with Gasteiger partial charge in [0.05, 0.1) is 7.11 Å². The van der Waals surface area contributed by atoms with Gasteiger partial charge in [-0.2, -0.15) is 0 Å². The fourth-order valence-electron chi connectivity index (χ4n) is 1.93. The van der Waals surface area contributed by atoms with E-state index >= 15 is 0 Å². The van der Waals surface area contributed by atoms with Crippen LogP contribution in [-0.2, 0) is 14.3 Å². The van der Waals surface area contributed by atoms with Gasteiger partial charge in [-0.15, -0.1) is 0 Å². The van der Waals surface area contributed by atoms with Crippen molar-refractivity contribution in [3.05, 3.63) is 29.8 Å². The summed E-state index contributed by atoms with van der Waals surface area (Å²) in [4.78, 5) is 34.5. The number of benzene rings is 1. The highest BCUT2D eigenvalue weighted by atomic mass is 16.5. The molecule has 0 aliphatic rings. The van der Waals surface area contributed by atoms with Gasteiger partial charge in [0.15, 0.2) is 6.61 Å². The standard InChI is InChI=1S/C16H22N2O5/c1-10(2)8-13(16(21)22-3)18-14(19)9-23-12-6-4-11(5-7-12)15(17)20/h4-7,10,13H,8-9H2,1-3H3,(H2,17,20)(H,18,19). The van der Waals surface area contributed by atoms with Crippen molar-refractivity contribution in [1.82, 2.24) is 5.32 Å². The van der Waals surface area contributed by atoms with Crippen molar-refractivity contribution in [2.45, 2.75) is 26.3 Å². The van der Waals surface area contributed by atoms with Crippen LogP contribution in [0.15, 0.2) is 24.3 Å². The Morgan fingerprint density at radius 3 is 2.26 bits per heavy atom. The molecule has 0 bridgehead atoms. The van der Waals surface area contributed by atoms with E-state index in [0.29, 0.717) is 17.7 Å². The Morgan fingerprint density at radius 1 is 1.17 bits per heavy atom. The molecule has 2 amide bonds. The first kappa shape index (κ1) is 18.5. The van der Waals surface area contributed by atoms with Crippen molar-refractivity contribution in [3.63, 3.8) is 0 Å². The zero-order valence-electron chi connectivity index (χ0n) is 13.5. The summed E-state index contributed by atoms with van der Waals surface area (Å²) in [5.74, 6) is -0.813. The lowest BCUT2D eigenvalue weighted by atomic mass is 10.0. The van der Waals surface area contributed by atoms with E-state index in [2.05, 4.69) is 10.1 Å². The average Bonchev–Trinajstić information content (AvgIpc) is 2.51. The van der Waals surface area contributed by atoms with Crippen molar-refractivity contribution in [2.75, 3.05) is 13.7 Å². The summed E-state index contributed by atoms with van der Waals surface area (Å²) in [7, 11) is 1.28. The number of carbonyl (C=O) groups excluding carboxylic acids is 3. The number of methoxy groups -OCH3 is 1. The van der Waals surface area contributed by atoms with Crippen LogP contribution in [0.4, 0.5) is 0 Å². The first-order valence-electron chi connectivity index (χ1n) is 7.23. The summed E-state index contributed by atoms with van der Waals surface area (Å²) in [6.45, 7) is 3.64. The number of ether oxygens (including phenoxy) is 2. The summed E-state index contributed by atoms with van der Waals surface area (Å²) in [5.41, 5.74) is 5.49. The smallest absolute Gasteiger partial charge is 0.328 e. The van der Waals surface area contributed by atoms with E-state index in [4.69, 9.17) is 10.5 Å². The molecule has 0 heterocycles. The summed E-state index contributed by atoms with van der Waals surface area (Å²) < 4.78 is 9.98. The highest BCUT2D eigenvalue weighted by Gasteiger charge is 2.22. The number of rotatable bonds is 8. The number of esters is 1. The van der Waals surface area contributed by atoms with Crippen LogP contribution in [0.3, 0.4) is 0 Å². The van der Waals surface area contributed by atoms with Crippen LogP contribution in [0.2, 0.25) is 0 Å². The molecule has 0 aromatic heterocycles. The molecule has 7 nitrogen and oxygen atoms in total. The van der Waals surface area contributed by atoms with Crippen LogP contribution in [-0.4, -0.2) is 37.5 Å². The molecule has 1 rings (SSSR count). The van der Waals surface area contributed by atoms with E-state index < -0.39 is 23.8 Å². The second-order valence-corrected chi connectivity index (χ2v) is 5.45. The van der Waals surface area contributed by atoms with Gasteiger partial charge in [0.25, 0.3) is 5.91 Å². The Bertz CT molecular complexity index is 554. The van der Waals surface area contributed by atoms with Crippen LogP contribution in [0, 0.1) is 5.92 Å². The van der Waals surface area contributed by atoms with Gasteiger partial charge in [-0.1, -0.05) is 13.8 Å². The second kappa shape index (κ2) is 8.77. The Morgan fingerprint density at radius 2 is 1.78 bits per heavy atom. The number of hydrogen-bond donors (Lipinski definition) is 2. The maximum Gasteiger partial charge on any atom is 0.328 e. The molecule has 0 radical (unpaired) electrons. The van der Waals surface area contributed by atoms with E-state index in [1.807, 2.05) is 13.8 Å². The lowest BCUT2D eigenvalue weighted by Crippen LogP contribution is -2.44. The maximum absolute atomic E-state index is 11.9. The number of hydrogen-bond acceptors (Lipinski definition) is 5. The predicted octanol–water partition coefficient (Wildman–Crippen LogP) is 0.868. The molecule has 7 heteroatoms. The van der Waals surface area contributed by atoms with Crippen LogP contribution in [0.5, 0.6) is 5.75 Å². The SMILES string of the molecule is COC(=O)C(CC(C)C)NC(=O)COc1ccc(C(N)=O)cc1. The molecule has 0 spiro atoms. The highest BCUT2D eigenvalue weighted by molar-refractivity contribution is 5.92. The van der Waals surface area contributed by atoms with Crippen molar-refractivity contribution in [3.8, 4) is 5.75 Å². The van der Waals surface area contributed by atoms with E-state index in [1.165, 1.54) is 19.2 Å². The van der Waals surface area contributed by atoms with E-state index in [9.17, 15) is 14.4 Å². The Kier molecular flexibility index (Phi) is 7.05. The molecule has 0 saturated carbocycles. The molecule has 1 aromatic rings. The molecular formula is C16H22N2O5. The van der Waals surface area contributed by atoms with Gasteiger partial charge >= 0.3 is 5.97 Å². The normalized spacial score (nSPS) is 11.7. The van der Waals surface area contributed by atoms with E-state index in [1.54, 1.807) is 12.1 Å². The Balaban J connectivity index is 2.54. The minimum absolute atomic E-state index is 0.224. The molecule has 1 unspecified atom stereocenters. The lowest BCUT2D eigenvalue weighted by Gasteiger charge is -2.18. The fourth-order valence-corrected chi connectivity index (χ4v) is 1.93. The summed E-state index contributed by atoms with van der Waals surface area (Å²) in [6, 6.07) is 5.39. The maximum atomic E-state index is 11.9. The van der Waals surface area contributed by atoms with Gasteiger partial charge in [-0.25, -0.2) is 4.79 Å². The number of carbonyl (C=O) groups is 3. The topological polar surface area (TPSA) is 108 Å². The molecule has 126 valence electrons. The van der Waals surface area contributed by atoms with Crippen LogP contribution < -0.4 is 15.8 Å². The number of primary amides is 1. The van der Waals surface area contributed by atoms with Gasteiger partial charge in [-0.3, -0.25) is 9.59 Å².